The van der Waals surface area contributed by atoms with Crippen molar-refractivity contribution < 1.29 is 33.2 Å². The van der Waals surface area contributed by atoms with Gasteiger partial charge in [-0.05, 0) is 13.0 Å². The van der Waals surface area contributed by atoms with Crippen molar-refractivity contribution in [3.05, 3.63) is 0 Å². The third-order valence-electron chi connectivity index (χ3n) is 4.02. The minimum Gasteiger partial charge on any atom is -0.394 e. The molecule has 2 heterocycles. The van der Waals surface area contributed by atoms with E-state index in [9.17, 15) is 23.4 Å². The van der Waals surface area contributed by atoms with E-state index >= 15 is 0 Å². The maximum Gasteiger partial charge on any atom is 0.403 e. The molecule has 0 aliphatic carbocycles. The zero-order valence-electron chi connectivity index (χ0n) is 11.9. The summed E-state index contributed by atoms with van der Waals surface area (Å²) in [6, 6.07) is -2.18. The van der Waals surface area contributed by atoms with Crippen molar-refractivity contribution in [1.82, 2.24) is 16.0 Å². The first kappa shape index (κ1) is 17.9. The highest BCUT2D eigenvalue weighted by Crippen LogP contribution is 2.24. The fourth-order valence-corrected chi connectivity index (χ4v) is 2.67. The van der Waals surface area contributed by atoms with Gasteiger partial charge in [0.05, 0.1) is 25.4 Å². The number of hydrogen-bond donors (Lipinski definition) is 6. The van der Waals surface area contributed by atoms with Gasteiger partial charge in [-0.3, -0.25) is 5.32 Å². The zero-order chi connectivity index (χ0) is 16.3. The molecule has 10 heteroatoms. The topological polar surface area (TPSA) is 106 Å². The molecular formula is C12H22F3N3O4. The predicted molar refractivity (Wildman–Crippen MR) is 70.0 cm³/mol. The van der Waals surface area contributed by atoms with E-state index in [1.165, 1.54) is 0 Å². The number of ether oxygens (including phenoxy) is 1. The minimum absolute atomic E-state index is 0.0357. The van der Waals surface area contributed by atoms with Gasteiger partial charge < -0.3 is 30.7 Å². The molecule has 1 unspecified atom stereocenters. The molecule has 0 amide bonds. The van der Waals surface area contributed by atoms with E-state index in [-0.39, 0.29) is 26.1 Å². The molecule has 0 radical (unpaired) electrons. The summed E-state index contributed by atoms with van der Waals surface area (Å²) >= 11 is 0. The third-order valence-corrected chi connectivity index (χ3v) is 4.02. The van der Waals surface area contributed by atoms with Crippen LogP contribution in [0.3, 0.4) is 0 Å². The van der Waals surface area contributed by atoms with E-state index in [1.54, 1.807) is 0 Å². The smallest absolute Gasteiger partial charge is 0.394 e. The summed E-state index contributed by atoms with van der Waals surface area (Å²) in [5.74, 6) is 0. The number of alkyl halides is 3. The normalized spacial score (nSPS) is 40.6. The number of nitrogens with one attached hydrogen (secondary N) is 3. The van der Waals surface area contributed by atoms with E-state index in [1.807, 2.05) is 0 Å². The lowest BCUT2D eigenvalue weighted by Gasteiger charge is -2.39. The van der Waals surface area contributed by atoms with E-state index in [2.05, 4.69) is 16.0 Å². The Kier molecular flexibility index (Phi) is 6.00. The van der Waals surface area contributed by atoms with Crippen molar-refractivity contribution in [3.63, 3.8) is 0 Å². The van der Waals surface area contributed by atoms with Gasteiger partial charge in [0.1, 0.15) is 24.4 Å². The van der Waals surface area contributed by atoms with E-state index in [0.717, 1.165) is 0 Å². The van der Waals surface area contributed by atoms with Gasteiger partial charge in [0.15, 0.2) is 0 Å². The highest BCUT2D eigenvalue weighted by atomic mass is 19.4. The Bertz CT molecular complexity index is 361. The number of hydrogen-bond acceptors (Lipinski definition) is 7. The Morgan fingerprint density at radius 3 is 2.59 bits per heavy atom. The maximum absolute atomic E-state index is 12.7. The summed E-state index contributed by atoms with van der Waals surface area (Å²) in [6.45, 7) is 0.0133. The Morgan fingerprint density at radius 1 is 1.23 bits per heavy atom. The van der Waals surface area contributed by atoms with Crippen molar-refractivity contribution in [2.45, 2.75) is 49.2 Å². The van der Waals surface area contributed by atoms with Crippen molar-refractivity contribution >= 4 is 0 Å². The first-order chi connectivity index (χ1) is 10.3. The molecule has 6 N–H and O–H groups in total. The van der Waals surface area contributed by atoms with Gasteiger partial charge in [-0.25, -0.2) is 0 Å². The van der Waals surface area contributed by atoms with Crippen LogP contribution in [-0.4, -0.2) is 84.4 Å². The lowest BCUT2D eigenvalue weighted by molar-refractivity contribution is -0.166. The first-order valence-electron chi connectivity index (χ1n) is 7.21. The molecule has 130 valence electrons. The summed E-state index contributed by atoms with van der Waals surface area (Å²) in [6.07, 6.45) is -8.18. The van der Waals surface area contributed by atoms with Crippen LogP contribution in [0, 0.1) is 0 Å². The van der Waals surface area contributed by atoms with Crippen LogP contribution < -0.4 is 16.0 Å². The second-order valence-electron chi connectivity index (χ2n) is 5.61. The Labute approximate surface area is 125 Å². The number of aliphatic hydroxyl groups excluding tert-OH is 3. The van der Waals surface area contributed by atoms with Crippen LogP contribution in [0.2, 0.25) is 0 Å². The Balaban J connectivity index is 1.80. The molecule has 2 saturated heterocycles. The number of aliphatic hydroxyl groups is 3. The van der Waals surface area contributed by atoms with Crippen LogP contribution in [0.15, 0.2) is 0 Å². The monoisotopic (exact) mass is 329 g/mol. The average Bonchev–Trinajstić information content (AvgIpc) is 2.48. The van der Waals surface area contributed by atoms with Crippen LogP contribution in [0.5, 0.6) is 0 Å². The van der Waals surface area contributed by atoms with E-state index < -0.39 is 49.3 Å². The Morgan fingerprint density at radius 2 is 1.95 bits per heavy atom. The first-order valence-corrected chi connectivity index (χ1v) is 7.21. The number of rotatable bonds is 4. The Hall–Kier alpha value is -0.490. The quantitative estimate of drug-likeness (QED) is 0.351. The fraction of sp³-hybridized carbons (Fsp3) is 1.00. The van der Waals surface area contributed by atoms with Crippen LogP contribution in [0.4, 0.5) is 13.2 Å². The van der Waals surface area contributed by atoms with Gasteiger partial charge >= 0.3 is 6.18 Å². The van der Waals surface area contributed by atoms with E-state index in [0.29, 0.717) is 0 Å². The highest BCUT2D eigenvalue weighted by Gasteiger charge is 2.42. The zero-order valence-corrected chi connectivity index (χ0v) is 11.9. The highest BCUT2D eigenvalue weighted by molar-refractivity contribution is 4.92. The largest absolute Gasteiger partial charge is 0.403 e. The lowest BCUT2D eigenvalue weighted by atomic mass is 9.98. The third kappa shape index (κ3) is 4.28. The average molecular weight is 329 g/mol. The summed E-state index contributed by atoms with van der Waals surface area (Å²) in [5, 5.41) is 36.9. The van der Waals surface area contributed by atoms with Gasteiger partial charge in [-0.15, -0.1) is 0 Å². The van der Waals surface area contributed by atoms with Crippen LogP contribution in [0.1, 0.15) is 6.42 Å². The summed E-state index contributed by atoms with van der Waals surface area (Å²) in [7, 11) is 0. The molecular weight excluding hydrogens is 307 g/mol. The molecule has 2 rings (SSSR count). The van der Waals surface area contributed by atoms with E-state index in [4.69, 9.17) is 9.84 Å². The standard InChI is InChI=1S/C12H22F3N3O4/c13-12(14,15)8-1-2-16-9(18-8)3-17-6-5-22-7(4-19)11(21)10(6)20/h6-11,16-21H,1-5H2/t6-,7-,8?,9+,10-,11+/m1/s1. The van der Waals surface area contributed by atoms with Gasteiger partial charge in [0.25, 0.3) is 0 Å². The van der Waals surface area contributed by atoms with Crippen LogP contribution in [0.25, 0.3) is 0 Å². The van der Waals surface area contributed by atoms with Crippen molar-refractivity contribution in [3.8, 4) is 0 Å². The van der Waals surface area contributed by atoms with Gasteiger partial charge in [0, 0.05) is 6.54 Å². The molecule has 0 saturated carbocycles. The molecule has 0 aromatic carbocycles. The van der Waals surface area contributed by atoms with Crippen molar-refractivity contribution in [2.24, 2.45) is 0 Å². The van der Waals surface area contributed by atoms with Crippen molar-refractivity contribution in [1.29, 1.82) is 0 Å². The van der Waals surface area contributed by atoms with Crippen molar-refractivity contribution in [2.75, 3.05) is 26.3 Å². The molecule has 0 aromatic heterocycles. The molecule has 0 aromatic rings. The summed E-state index contributed by atoms with van der Waals surface area (Å²) in [4.78, 5) is 0. The molecule has 6 atom stereocenters. The predicted octanol–water partition coefficient (Wildman–Crippen LogP) is -2.10. The molecule has 22 heavy (non-hydrogen) atoms. The van der Waals surface area contributed by atoms with Crippen LogP contribution >= 0.6 is 0 Å². The second-order valence-corrected chi connectivity index (χ2v) is 5.61. The molecule has 2 aliphatic rings. The molecule has 0 spiro atoms. The molecule has 0 bridgehead atoms. The summed E-state index contributed by atoms with van der Waals surface area (Å²) < 4.78 is 43.2. The molecule has 2 fully saturated rings. The van der Waals surface area contributed by atoms with Gasteiger partial charge in [-0.1, -0.05) is 0 Å². The van der Waals surface area contributed by atoms with Gasteiger partial charge in [-0.2, -0.15) is 13.2 Å². The SMILES string of the molecule is OC[C@H]1OC[C@@H](NC[C@H]2NCCC(C(F)(F)F)N2)[C@@H](O)[C@H]1O. The molecule has 7 nitrogen and oxygen atoms in total. The fourth-order valence-electron chi connectivity index (χ4n) is 2.67. The molecule has 2 aliphatic heterocycles. The summed E-state index contributed by atoms with van der Waals surface area (Å²) in [5.41, 5.74) is 0. The maximum atomic E-state index is 12.7. The van der Waals surface area contributed by atoms with Gasteiger partial charge in [0.2, 0.25) is 0 Å². The lowest BCUT2D eigenvalue weighted by Crippen LogP contribution is -2.65. The second kappa shape index (κ2) is 7.39. The minimum atomic E-state index is -4.29. The van der Waals surface area contributed by atoms with Crippen LogP contribution in [-0.2, 0) is 4.74 Å². The number of halogens is 3.